The Morgan fingerprint density at radius 2 is 1.75 bits per heavy atom. The van der Waals surface area contributed by atoms with Gasteiger partial charge in [0.1, 0.15) is 5.75 Å². The second-order valence-electron chi connectivity index (χ2n) is 7.00. The Morgan fingerprint density at radius 3 is 2.25 bits per heavy atom. The molecular formula is C17H26BrNO. The van der Waals surface area contributed by atoms with E-state index in [2.05, 4.69) is 48.8 Å². The fraction of sp³-hybridized carbons (Fsp3) is 0.647. The molecule has 1 aromatic rings. The molecule has 2 nitrogen and oxygen atoms in total. The van der Waals surface area contributed by atoms with Gasteiger partial charge in [0.2, 0.25) is 0 Å². The molecule has 0 aliphatic heterocycles. The summed E-state index contributed by atoms with van der Waals surface area (Å²) in [4.78, 5) is 0. The Kier molecular flexibility index (Phi) is 4.50. The largest absolute Gasteiger partial charge is 0.496 e. The van der Waals surface area contributed by atoms with E-state index in [1.54, 1.807) is 7.11 Å². The van der Waals surface area contributed by atoms with Crippen LogP contribution in [0.1, 0.15) is 64.0 Å². The second kappa shape index (κ2) is 5.69. The van der Waals surface area contributed by atoms with Gasteiger partial charge in [-0.25, -0.2) is 0 Å². The molecule has 0 saturated heterocycles. The summed E-state index contributed by atoms with van der Waals surface area (Å²) in [7, 11) is 1.76. The molecule has 0 unspecified atom stereocenters. The first-order chi connectivity index (χ1) is 9.28. The van der Waals surface area contributed by atoms with Crippen molar-refractivity contribution in [3.8, 4) is 5.75 Å². The maximum Gasteiger partial charge on any atom is 0.127 e. The topological polar surface area (TPSA) is 35.2 Å². The van der Waals surface area contributed by atoms with Crippen molar-refractivity contribution in [1.29, 1.82) is 0 Å². The van der Waals surface area contributed by atoms with Crippen LogP contribution in [0.5, 0.6) is 5.75 Å². The highest BCUT2D eigenvalue weighted by Crippen LogP contribution is 2.44. The SMILES string of the molecule is COc1c(C(C)(C)C)cc(Br)cc1C1(N)CCCCC1. The minimum absolute atomic E-state index is 0.0366. The average Bonchev–Trinajstić information content (AvgIpc) is 2.37. The van der Waals surface area contributed by atoms with Crippen LogP contribution in [0, 0.1) is 0 Å². The number of methoxy groups -OCH3 is 1. The van der Waals surface area contributed by atoms with Gasteiger partial charge in [0.05, 0.1) is 7.11 Å². The number of hydrogen-bond acceptors (Lipinski definition) is 2. The molecule has 1 saturated carbocycles. The van der Waals surface area contributed by atoms with E-state index in [0.717, 1.165) is 23.1 Å². The highest BCUT2D eigenvalue weighted by Gasteiger charge is 2.34. The lowest BCUT2D eigenvalue weighted by Crippen LogP contribution is -2.39. The lowest BCUT2D eigenvalue weighted by atomic mass is 9.74. The molecule has 0 atom stereocenters. The summed E-state index contributed by atoms with van der Waals surface area (Å²) in [6, 6.07) is 4.31. The molecular weight excluding hydrogens is 314 g/mol. The van der Waals surface area contributed by atoms with E-state index >= 15 is 0 Å². The van der Waals surface area contributed by atoms with Gasteiger partial charge < -0.3 is 10.5 Å². The van der Waals surface area contributed by atoms with Crippen molar-refractivity contribution < 1.29 is 4.74 Å². The van der Waals surface area contributed by atoms with Crippen LogP contribution in [0.2, 0.25) is 0 Å². The number of rotatable bonds is 2. The molecule has 0 heterocycles. The van der Waals surface area contributed by atoms with Crippen molar-refractivity contribution >= 4 is 15.9 Å². The second-order valence-corrected chi connectivity index (χ2v) is 7.92. The molecule has 0 spiro atoms. The Hall–Kier alpha value is -0.540. The lowest BCUT2D eigenvalue weighted by molar-refractivity contribution is 0.286. The van der Waals surface area contributed by atoms with Crippen LogP contribution in [-0.4, -0.2) is 7.11 Å². The third-order valence-electron chi connectivity index (χ3n) is 4.35. The van der Waals surface area contributed by atoms with E-state index < -0.39 is 0 Å². The van der Waals surface area contributed by atoms with Crippen molar-refractivity contribution in [3.05, 3.63) is 27.7 Å². The summed E-state index contributed by atoms with van der Waals surface area (Å²) < 4.78 is 6.87. The van der Waals surface area contributed by atoms with E-state index in [-0.39, 0.29) is 11.0 Å². The quantitative estimate of drug-likeness (QED) is 0.833. The fourth-order valence-corrected chi connectivity index (χ4v) is 3.65. The highest BCUT2D eigenvalue weighted by atomic mass is 79.9. The van der Waals surface area contributed by atoms with Crippen LogP contribution in [0.15, 0.2) is 16.6 Å². The third-order valence-corrected chi connectivity index (χ3v) is 4.81. The Labute approximate surface area is 131 Å². The van der Waals surface area contributed by atoms with Gasteiger partial charge in [0.25, 0.3) is 0 Å². The monoisotopic (exact) mass is 339 g/mol. The predicted molar refractivity (Wildman–Crippen MR) is 88.3 cm³/mol. The summed E-state index contributed by atoms with van der Waals surface area (Å²) >= 11 is 3.65. The van der Waals surface area contributed by atoms with Crippen LogP contribution in [0.3, 0.4) is 0 Å². The van der Waals surface area contributed by atoms with Gasteiger partial charge in [-0.3, -0.25) is 0 Å². The lowest BCUT2D eigenvalue weighted by Gasteiger charge is -2.37. The van der Waals surface area contributed by atoms with Crippen LogP contribution in [-0.2, 0) is 11.0 Å². The molecule has 0 amide bonds. The molecule has 112 valence electrons. The number of halogens is 1. The van der Waals surface area contributed by atoms with Crippen molar-refractivity contribution in [3.63, 3.8) is 0 Å². The van der Waals surface area contributed by atoms with Crippen LogP contribution in [0.25, 0.3) is 0 Å². The first-order valence-electron chi connectivity index (χ1n) is 7.45. The molecule has 0 radical (unpaired) electrons. The first-order valence-corrected chi connectivity index (χ1v) is 8.24. The summed E-state index contributed by atoms with van der Waals surface area (Å²) in [5.74, 6) is 0.977. The molecule has 2 rings (SSSR count). The Balaban J connectivity index is 2.60. The van der Waals surface area contributed by atoms with Gasteiger partial charge in [0.15, 0.2) is 0 Å². The van der Waals surface area contributed by atoms with Crippen molar-refractivity contribution in [2.75, 3.05) is 7.11 Å². The average molecular weight is 340 g/mol. The molecule has 1 aliphatic rings. The van der Waals surface area contributed by atoms with Crippen molar-refractivity contribution in [1.82, 2.24) is 0 Å². The number of hydrogen-bond donors (Lipinski definition) is 1. The minimum Gasteiger partial charge on any atom is -0.496 e. The van der Waals surface area contributed by atoms with E-state index in [1.165, 1.54) is 30.4 Å². The number of nitrogens with two attached hydrogens (primary N) is 1. The molecule has 20 heavy (non-hydrogen) atoms. The third kappa shape index (κ3) is 3.04. The minimum atomic E-state index is -0.243. The maximum atomic E-state index is 6.74. The summed E-state index contributed by atoms with van der Waals surface area (Å²) in [5.41, 5.74) is 8.92. The first kappa shape index (κ1) is 15.8. The van der Waals surface area contributed by atoms with Gasteiger partial charge in [-0.05, 0) is 30.4 Å². The van der Waals surface area contributed by atoms with Gasteiger partial charge in [0, 0.05) is 21.1 Å². The zero-order valence-electron chi connectivity index (χ0n) is 13.1. The van der Waals surface area contributed by atoms with Crippen LogP contribution in [0.4, 0.5) is 0 Å². The van der Waals surface area contributed by atoms with Crippen molar-refractivity contribution in [2.24, 2.45) is 5.73 Å². The van der Waals surface area contributed by atoms with Gasteiger partial charge >= 0.3 is 0 Å². The molecule has 2 N–H and O–H groups in total. The van der Waals surface area contributed by atoms with E-state index in [9.17, 15) is 0 Å². The molecule has 1 fully saturated rings. The summed E-state index contributed by atoms with van der Waals surface area (Å²) in [6.45, 7) is 6.64. The van der Waals surface area contributed by atoms with Crippen LogP contribution >= 0.6 is 15.9 Å². The smallest absolute Gasteiger partial charge is 0.127 e. The van der Waals surface area contributed by atoms with E-state index in [4.69, 9.17) is 10.5 Å². The standard InChI is InChI=1S/C17H26BrNO/c1-16(2,3)13-10-12(18)11-14(15(13)20-4)17(19)8-6-5-7-9-17/h10-11H,5-9,19H2,1-4H3. The molecule has 3 heteroatoms. The molecule has 0 bridgehead atoms. The van der Waals surface area contributed by atoms with Crippen LogP contribution < -0.4 is 10.5 Å². The normalized spacial score (nSPS) is 18.9. The zero-order valence-corrected chi connectivity index (χ0v) is 14.6. The number of benzene rings is 1. The molecule has 1 aliphatic carbocycles. The highest BCUT2D eigenvalue weighted by molar-refractivity contribution is 9.10. The molecule has 0 aromatic heterocycles. The Morgan fingerprint density at radius 1 is 1.15 bits per heavy atom. The van der Waals surface area contributed by atoms with Crippen molar-refractivity contribution in [2.45, 2.75) is 63.8 Å². The fourth-order valence-electron chi connectivity index (χ4n) is 3.19. The predicted octanol–water partition coefficient (Wildman–Crippen LogP) is 4.87. The number of ether oxygens (including phenoxy) is 1. The summed E-state index contributed by atoms with van der Waals surface area (Å²) in [6.07, 6.45) is 5.79. The van der Waals surface area contributed by atoms with Gasteiger partial charge in [-0.1, -0.05) is 56.0 Å². The van der Waals surface area contributed by atoms with Gasteiger partial charge in [-0.2, -0.15) is 0 Å². The van der Waals surface area contributed by atoms with Gasteiger partial charge in [-0.15, -0.1) is 0 Å². The van der Waals surface area contributed by atoms with E-state index in [0.29, 0.717) is 0 Å². The maximum absolute atomic E-state index is 6.74. The summed E-state index contributed by atoms with van der Waals surface area (Å²) in [5, 5.41) is 0. The Bertz CT molecular complexity index is 484. The van der Waals surface area contributed by atoms with E-state index in [1.807, 2.05) is 0 Å². The zero-order chi connectivity index (χ0) is 15.0. The molecule has 1 aromatic carbocycles.